The van der Waals surface area contributed by atoms with Gasteiger partial charge in [0.1, 0.15) is 6.04 Å². The molecule has 1 aromatic heterocycles. The average molecular weight is 255 g/mol. The van der Waals surface area contributed by atoms with E-state index in [-0.39, 0.29) is 5.92 Å². The quantitative estimate of drug-likeness (QED) is 0.767. The molecule has 1 rings (SSSR count). The number of carboxylic acids is 1. The molecule has 1 aromatic rings. The zero-order valence-corrected chi connectivity index (χ0v) is 11.3. The normalized spacial score (nSPS) is 13.2. The van der Waals surface area contributed by atoms with Gasteiger partial charge in [0.05, 0.1) is 6.54 Å². The summed E-state index contributed by atoms with van der Waals surface area (Å²) < 4.78 is 5.08. The second kappa shape index (κ2) is 6.49. The van der Waals surface area contributed by atoms with Crippen molar-refractivity contribution in [3.05, 3.63) is 11.7 Å². The lowest BCUT2D eigenvalue weighted by molar-refractivity contribution is -0.140. The number of rotatable bonds is 7. The predicted octanol–water partition coefficient (Wildman–Crippen LogP) is 1.47. The molecule has 0 amide bonds. The summed E-state index contributed by atoms with van der Waals surface area (Å²) in [6, 6.07) is -0.600. The van der Waals surface area contributed by atoms with Crippen molar-refractivity contribution in [1.82, 2.24) is 15.5 Å². The topological polar surface area (TPSA) is 88.2 Å². The fraction of sp³-hybridized carbons (Fsp3) is 0.750. The first-order valence-corrected chi connectivity index (χ1v) is 6.17. The van der Waals surface area contributed by atoms with Gasteiger partial charge in [-0.15, -0.1) is 0 Å². The van der Waals surface area contributed by atoms with E-state index in [1.165, 1.54) is 0 Å². The third-order valence-electron chi connectivity index (χ3n) is 2.51. The monoisotopic (exact) mass is 255 g/mol. The van der Waals surface area contributed by atoms with Crippen molar-refractivity contribution in [3.8, 4) is 0 Å². The summed E-state index contributed by atoms with van der Waals surface area (Å²) >= 11 is 0. The van der Waals surface area contributed by atoms with E-state index < -0.39 is 12.0 Å². The largest absolute Gasteiger partial charge is 0.480 e. The molecule has 0 aromatic carbocycles. The van der Waals surface area contributed by atoms with Crippen molar-refractivity contribution in [1.29, 1.82) is 0 Å². The number of aromatic nitrogens is 2. The molecule has 0 aliphatic carbocycles. The molecular formula is C12H21N3O3. The molecule has 0 bridgehead atoms. The highest BCUT2D eigenvalue weighted by Crippen LogP contribution is 2.07. The van der Waals surface area contributed by atoms with E-state index in [2.05, 4.69) is 29.3 Å². The summed E-state index contributed by atoms with van der Waals surface area (Å²) in [7, 11) is 0. The van der Waals surface area contributed by atoms with Crippen LogP contribution in [0.5, 0.6) is 0 Å². The standard InChI is InChI=1S/C12H21N3O3/c1-7(2)5-10-14-9(15-18-10)6-13-11(8(3)4)12(16)17/h7-8,11,13H,5-6H2,1-4H3,(H,16,17). The molecule has 0 saturated carbocycles. The Morgan fingerprint density at radius 1 is 1.39 bits per heavy atom. The average Bonchev–Trinajstić information content (AvgIpc) is 2.63. The Kier molecular flexibility index (Phi) is 5.27. The van der Waals surface area contributed by atoms with Gasteiger partial charge in [-0.3, -0.25) is 10.1 Å². The molecule has 0 fully saturated rings. The van der Waals surface area contributed by atoms with Gasteiger partial charge in [0.25, 0.3) is 0 Å². The summed E-state index contributed by atoms with van der Waals surface area (Å²) in [6.45, 7) is 8.15. The molecule has 6 heteroatoms. The van der Waals surface area contributed by atoms with E-state index in [9.17, 15) is 4.79 Å². The second-order valence-corrected chi connectivity index (χ2v) is 5.14. The molecular weight excluding hydrogens is 234 g/mol. The lowest BCUT2D eigenvalue weighted by atomic mass is 10.1. The predicted molar refractivity (Wildman–Crippen MR) is 65.9 cm³/mol. The Hall–Kier alpha value is -1.43. The smallest absolute Gasteiger partial charge is 0.320 e. The van der Waals surface area contributed by atoms with Crippen molar-refractivity contribution in [2.45, 2.75) is 46.7 Å². The lowest BCUT2D eigenvalue weighted by Gasteiger charge is -2.16. The van der Waals surface area contributed by atoms with E-state index in [0.717, 1.165) is 6.42 Å². The minimum absolute atomic E-state index is 0.00420. The van der Waals surface area contributed by atoms with Gasteiger partial charge in [-0.05, 0) is 11.8 Å². The highest BCUT2D eigenvalue weighted by Gasteiger charge is 2.21. The van der Waals surface area contributed by atoms with Gasteiger partial charge in [0.2, 0.25) is 5.89 Å². The number of carboxylic acid groups (broad SMARTS) is 1. The zero-order chi connectivity index (χ0) is 13.7. The fourth-order valence-electron chi connectivity index (χ4n) is 1.60. The Bertz CT molecular complexity index is 388. The van der Waals surface area contributed by atoms with Crippen LogP contribution in [0.1, 0.15) is 39.4 Å². The number of aliphatic carboxylic acids is 1. The van der Waals surface area contributed by atoms with Crippen LogP contribution in [-0.2, 0) is 17.8 Å². The van der Waals surface area contributed by atoms with Gasteiger partial charge in [0.15, 0.2) is 5.82 Å². The highest BCUT2D eigenvalue weighted by molar-refractivity contribution is 5.73. The number of hydrogen-bond acceptors (Lipinski definition) is 5. The SMILES string of the molecule is CC(C)Cc1nc(CNC(C(=O)O)C(C)C)no1. The lowest BCUT2D eigenvalue weighted by Crippen LogP contribution is -2.40. The van der Waals surface area contributed by atoms with Crippen molar-refractivity contribution < 1.29 is 14.4 Å². The van der Waals surface area contributed by atoms with Crippen LogP contribution in [0.2, 0.25) is 0 Å². The Morgan fingerprint density at radius 3 is 2.56 bits per heavy atom. The summed E-state index contributed by atoms with van der Waals surface area (Å²) in [6.07, 6.45) is 0.736. The van der Waals surface area contributed by atoms with Gasteiger partial charge in [0, 0.05) is 6.42 Å². The molecule has 0 aliphatic heterocycles. The van der Waals surface area contributed by atoms with Gasteiger partial charge in [-0.1, -0.05) is 32.9 Å². The van der Waals surface area contributed by atoms with Crippen LogP contribution in [0.4, 0.5) is 0 Å². The van der Waals surface area contributed by atoms with Gasteiger partial charge >= 0.3 is 5.97 Å². The molecule has 1 heterocycles. The van der Waals surface area contributed by atoms with Crippen LogP contribution in [-0.4, -0.2) is 27.3 Å². The minimum Gasteiger partial charge on any atom is -0.480 e. The van der Waals surface area contributed by atoms with Gasteiger partial charge < -0.3 is 9.63 Å². The van der Waals surface area contributed by atoms with E-state index in [4.69, 9.17) is 9.63 Å². The third-order valence-corrected chi connectivity index (χ3v) is 2.51. The molecule has 0 aliphatic rings. The molecule has 2 N–H and O–H groups in total. The van der Waals surface area contributed by atoms with Crippen LogP contribution in [0.3, 0.4) is 0 Å². The zero-order valence-electron chi connectivity index (χ0n) is 11.3. The first-order chi connectivity index (χ1) is 8.40. The molecule has 18 heavy (non-hydrogen) atoms. The molecule has 1 atom stereocenters. The maximum Gasteiger partial charge on any atom is 0.320 e. The summed E-state index contributed by atoms with van der Waals surface area (Å²) in [5.74, 6) is 0.685. The Balaban J connectivity index is 2.52. The highest BCUT2D eigenvalue weighted by atomic mass is 16.5. The van der Waals surface area contributed by atoms with Crippen molar-refractivity contribution in [2.24, 2.45) is 11.8 Å². The first-order valence-electron chi connectivity index (χ1n) is 6.17. The first kappa shape index (κ1) is 14.6. The van der Waals surface area contributed by atoms with Gasteiger partial charge in [-0.2, -0.15) is 4.98 Å². The maximum absolute atomic E-state index is 11.0. The molecule has 0 saturated heterocycles. The molecule has 6 nitrogen and oxygen atoms in total. The minimum atomic E-state index is -0.865. The van der Waals surface area contributed by atoms with Crippen LogP contribution in [0, 0.1) is 11.8 Å². The maximum atomic E-state index is 11.0. The number of nitrogens with one attached hydrogen (secondary N) is 1. The number of hydrogen-bond donors (Lipinski definition) is 2. The van der Waals surface area contributed by atoms with E-state index in [1.54, 1.807) is 0 Å². The van der Waals surface area contributed by atoms with Gasteiger partial charge in [-0.25, -0.2) is 0 Å². The second-order valence-electron chi connectivity index (χ2n) is 5.14. The third kappa shape index (κ3) is 4.44. The summed E-state index contributed by atoms with van der Waals surface area (Å²) in [4.78, 5) is 15.2. The Morgan fingerprint density at radius 2 is 2.06 bits per heavy atom. The van der Waals surface area contributed by atoms with Crippen molar-refractivity contribution >= 4 is 5.97 Å². The van der Waals surface area contributed by atoms with Crippen LogP contribution in [0.25, 0.3) is 0 Å². The molecule has 102 valence electrons. The van der Waals surface area contributed by atoms with Crippen LogP contribution < -0.4 is 5.32 Å². The van der Waals surface area contributed by atoms with Crippen LogP contribution in [0.15, 0.2) is 4.52 Å². The van der Waals surface area contributed by atoms with Crippen LogP contribution >= 0.6 is 0 Å². The molecule has 0 radical (unpaired) electrons. The van der Waals surface area contributed by atoms with E-state index in [0.29, 0.717) is 24.2 Å². The number of carbonyl (C=O) groups is 1. The number of nitrogens with zero attached hydrogens (tertiary/aromatic N) is 2. The fourth-order valence-corrected chi connectivity index (χ4v) is 1.60. The summed E-state index contributed by atoms with van der Waals surface area (Å²) in [5, 5.41) is 15.8. The molecule has 1 unspecified atom stereocenters. The van der Waals surface area contributed by atoms with E-state index >= 15 is 0 Å². The van der Waals surface area contributed by atoms with Crippen molar-refractivity contribution in [2.75, 3.05) is 0 Å². The Labute approximate surface area is 107 Å². The van der Waals surface area contributed by atoms with Crippen molar-refractivity contribution in [3.63, 3.8) is 0 Å². The van der Waals surface area contributed by atoms with E-state index in [1.807, 2.05) is 13.8 Å². The molecule has 0 spiro atoms. The summed E-state index contributed by atoms with van der Waals surface area (Å²) in [5.41, 5.74) is 0.